The van der Waals surface area contributed by atoms with E-state index in [-0.39, 0.29) is 25.8 Å². The first kappa shape index (κ1) is 53.9. The Labute approximate surface area is 344 Å². The average Bonchev–Trinajstić information content (AvgIpc) is 3.15. The van der Waals surface area contributed by atoms with Gasteiger partial charge in [-0.3, -0.25) is 9.36 Å². The lowest BCUT2D eigenvalue weighted by Gasteiger charge is -2.28. The van der Waals surface area contributed by atoms with E-state index in [2.05, 4.69) is 86.8 Å². The SMILES string of the molecule is CC/C=C\C/C=C\C/C=C\C/C=C\C/C=C\CCCCCCCCCCOCC(COP(=O)([O-])OCC[N+](C)(C)C)OC(=O)CCCCCCC/C=C\CCC. The third-order valence-corrected chi connectivity index (χ3v) is 9.94. The molecule has 56 heavy (non-hydrogen) atoms. The number of rotatable bonds is 40. The molecule has 0 saturated carbocycles. The number of ether oxygens (including phenoxy) is 2. The second-order valence-electron chi connectivity index (χ2n) is 15.7. The summed E-state index contributed by atoms with van der Waals surface area (Å²) in [6, 6.07) is 0. The van der Waals surface area contributed by atoms with Gasteiger partial charge in [0.1, 0.15) is 19.3 Å². The van der Waals surface area contributed by atoms with Crippen LogP contribution >= 0.6 is 7.82 Å². The molecule has 0 aromatic carbocycles. The first-order chi connectivity index (χ1) is 27.1. The molecule has 0 bridgehead atoms. The number of phosphoric ester groups is 1. The Kier molecular flexibility index (Phi) is 38.3. The lowest BCUT2D eigenvalue weighted by molar-refractivity contribution is -0.870. The number of quaternary nitrogens is 1. The van der Waals surface area contributed by atoms with Crippen LogP contribution in [0.25, 0.3) is 0 Å². The maximum atomic E-state index is 12.6. The van der Waals surface area contributed by atoms with Gasteiger partial charge in [-0.2, -0.15) is 0 Å². The topological polar surface area (TPSA) is 94.1 Å². The quantitative estimate of drug-likeness (QED) is 0.0200. The van der Waals surface area contributed by atoms with E-state index in [1.54, 1.807) is 0 Å². The largest absolute Gasteiger partial charge is 0.756 e. The van der Waals surface area contributed by atoms with Crippen molar-refractivity contribution in [1.29, 1.82) is 0 Å². The van der Waals surface area contributed by atoms with Crippen LogP contribution in [0.4, 0.5) is 0 Å². The number of unbranched alkanes of at least 4 members (excludes halogenated alkanes) is 14. The second-order valence-corrected chi connectivity index (χ2v) is 17.1. The molecule has 0 saturated heterocycles. The van der Waals surface area contributed by atoms with Crippen molar-refractivity contribution in [3.63, 3.8) is 0 Å². The van der Waals surface area contributed by atoms with Crippen LogP contribution in [0.15, 0.2) is 72.9 Å². The molecule has 0 aromatic heterocycles. The van der Waals surface area contributed by atoms with Gasteiger partial charge in [0.05, 0.1) is 34.4 Å². The summed E-state index contributed by atoms with van der Waals surface area (Å²) >= 11 is 0. The lowest BCUT2D eigenvalue weighted by Crippen LogP contribution is -2.37. The van der Waals surface area contributed by atoms with Gasteiger partial charge in [0.25, 0.3) is 7.82 Å². The highest BCUT2D eigenvalue weighted by molar-refractivity contribution is 7.45. The van der Waals surface area contributed by atoms with Crippen molar-refractivity contribution in [1.82, 2.24) is 0 Å². The molecule has 0 fully saturated rings. The molecule has 0 amide bonds. The maximum absolute atomic E-state index is 12.6. The van der Waals surface area contributed by atoms with Crippen LogP contribution in [0.5, 0.6) is 0 Å². The summed E-state index contributed by atoms with van der Waals surface area (Å²) in [7, 11) is 1.33. The first-order valence-corrected chi connectivity index (χ1v) is 23.6. The van der Waals surface area contributed by atoms with Gasteiger partial charge in [-0.25, -0.2) is 0 Å². The zero-order valence-corrected chi connectivity index (χ0v) is 37.5. The third kappa shape index (κ3) is 43.1. The summed E-state index contributed by atoms with van der Waals surface area (Å²) < 4.78 is 34.5. The van der Waals surface area contributed by atoms with Gasteiger partial charge in [0.15, 0.2) is 0 Å². The van der Waals surface area contributed by atoms with E-state index < -0.39 is 13.9 Å². The van der Waals surface area contributed by atoms with Crippen molar-refractivity contribution in [3.8, 4) is 0 Å². The molecule has 0 heterocycles. The van der Waals surface area contributed by atoms with Crippen molar-refractivity contribution in [3.05, 3.63) is 72.9 Å². The Hall–Kier alpha value is -2.06. The smallest absolute Gasteiger partial charge is 0.306 e. The molecule has 0 aliphatic rings. The number of likely N-dealkylation sites (N-methyl/N-ethyl adjacent to an activating group) is 1. The summed E-state index contributed by atoms with van der Waals surface area (Å²) in [5.41, 5.74) is 0. The summed E-state index contributed by atoms with van der Waals surface area (Å²) in [5.74, 6) is -0.353. The van der Waals surface area contributed by atoms with Crippen LogP contribution in [0.3, 0.4) is 0 Å². The zero-order chi connectivity index (χ0) is 41.3. The van der Waals surface area contributed by atoms with Crippen molar-refractivity contribution in [2.75, 3.05) is 54.1 Å². The first-order valence-electron chi connectivity index (χ1n) is 22.2. The minimum Gasteiger partial charge on any atom is -0.756 e. The molecule has 0 aliphatic carbocycles. The van der Waals surface area contributed by atoms with Gasteiger partial charge in [0.2, 0.25) is 0 Å². The van der Waals surface area contributed by atoms with Crippen LogP contribution in [-0.4, -0.2) is 70.7 Å². The summed E-state index contributed by atoms with van der Waals surface area (Å²) in [4.78, 5) is 25.0. The Morgan fingerprint density at radius 3 is 1.57 bits per heavy atom. The van der Waals surface area contributed by atoms with Gasteiger partial charge < -0.3 is 27.9 Å². The predicted molar refractivity (Wildman–Crippen MR) is 235 cm³/mol. The van der Waals surface area contributed by atoms with Crippen molar-refractivity contribution in [2.24, 2.45) is 0 Å². The second kappa shape index (κ2) is 39.8. The Balaban J connectivity index is 4.15. The normalized spacial score (nSPS) is 14.5. The molecule has 324 valence electrons. The van der Waals surface area contributed by atoms with Crippen molar-refractivity contribution in [2.45, 2.75) is 168 Å². The van der Waals surface area contributed by atoms with E-state index in [9.17, 15) is 14.3 Å². The zero-order valence-electron chi connectivity index (χ0n) is 36.6. The number of hydrogen-bond donors (Lipinski definition) is 0. The number of carbonyl (C=O) groups is 1. The molecular weight excluding hydrogens is 721 g/mol. The van der Waals surface area contributed by atoms with Gasteiger partial charge in [-0.15, -0.1) is 0 Å². The fraction of sp³-hybridized carbons (Fsp3) is 0.723. The van der Waals surface area contributed by atoms with Gasteiger partial charge in [0, 0.05) is 13.0 Å². The minimum absolute atomic E-state index is 0.0192. The fourth-order valence-electron chi connectivity index (χ4n) is 5.57. The summed E-state index contributed by atoms with van der Waals surface area (Å²) in [6.07, 6.45) is 50.7. The number of phosphoric acid groups is 1. The standard InChI is InChI=1S/C47H84NO7P/c1-6-8-10-12-14-16-18-19-20-21-22-23-24-25-26-27-28-29-30-31-33-35-37-39-42-52-44-46(45-54-56(50,51)53-43-41-48(3,4)5)55-47(49)40-38-36-34-32-17-15-13-11-9-7-2/h8,10-11,13-14,16,19-20,22-23,25-26,46H,6-7,9,12,15,17-18,21,24,27-45H2,1-5H3/b10-8-,13-11-,16-14-,20-19-,23-22-,26-25-. The number of allylic oxidation sites excluding steroid dienone is 12. The van der Waals surface area contributed by atoms with Crippen LogP contribution in [-0.2, 0) is 27.9 Å². The predicted octanol–water partition coefficient (Wildman–Crippen LogP) is 12.5. The third-order valence-electron chi connectivity index (χ3n) is 8.97. The summed E-state index contributed by atoms with van der Waals surface area (Å²) in [5, 5.41) is 0. The highest BCUT2D eigenvalue weighted by Crippen LogP contribution is 2.38. The molecule has 0 radical (unpaired) electrons. The van der Waals surface area contributed by atoms with E-state index in [4.69, 9.17) is 18.5 Å². The average molecular weight is 806 g/mol. The lowest BCUT2D eigenvalue weighted by atomic mass is 10.1. The van der Waals surface area contributed by atoms with Gasteiger partial charge in [-0.05, 0) is 77.0 Å². The Bertz CT molecular complexity index is 1120. The van der Waals surface area contributed by atoms with Gasteiger partial charge in [-0.1, -0.05) is 151 Å². The number of nitrogens with zero attached hydrogens (tertiary/aromatic N) is 1. The molecule has 2 atom stereocenters. The monoisotopic (exact) mass is 806 g/mol. The highest BCUT2D eigenvalue weighted by atomic mass is 31.2. The molecule has 2 unspecified atom stereocenters. The van der Waals surface area contributed by atoms with E-state index in [1.165, 1.54) is 51.4 Å². The maximum Gasteiger partial charge on any atom is 0.306 e. The van der Waals surface area contributed by atoms with E-state index >= 15 is 0 Å². The molecule has 0 rings (SSSR count). The Morgan fingerprint density at radius 2 is 1.04 bits per heavy atom. The van der Waals surface area contributed by atoms with Crippen LogP contribution < -0.4 is 4.89 Å². The van der Waals surface area contributed by atoms with Crippen LogP contribution in [0.1, 0.15) is 162 Å². The van der Waals surface area contributed by atoms with Crippen LogP contribution in [0, 0.1) is 0 Å². The molecule has 0 N–H and O–H groups in total. The van der Waals surface area contributed by atoms with Crippen LogP contribution in [0.2, 0.25) is 0 Å². The van der Waals surface area contributed by atoms with Crippen molar-refractivity contribution >= 4 is 13.8 Å². The Morgan fingerprint density at radius 1 is 0.571 bits per heavy atom. The molecular formula is C47H84NO7P. The molecule has 0 aromatic rings. The van der Waals surface area contributed by atoms with E-state index in [0.29, 0.717) is 24.1 Å². The highest BCUT2D eigenvalue weighted by Gasteiger charge is 2.20. The van der Waals surface area contributed by atoms with Crippen molar-refractivity contribution < 1.29 is 37.3 Å². The molecule has 0 aliphatic heterocycles. The molecule has 8 nitrogen and oxygen atoms in total. The number of esters is 1. The number of carbonyl (C=O) groups excluding carboxylic acids is 1. The molecule has 0 spiro atoms. The number of hydrogen-bond acceptors (Lipinski definition) is 7. The van der Waals surface area contributed by atoms with Gasteiger partial charge >= 0.3 is 5.97 Å². The molecule has 9 heteroatoms. The summed E-state index contributed by atoms with van der Waals surface area (Å²) in [6.45, 7) is 5.18. The fourth-order valence-corrected chi connectivity index (χ4v) is 6.30. The van der Waals surface area contributed by atoms with E-state index in [0.717, 1.165) is 89.9 Å². The minimum atomic E-state index is -4.53. The van der Waals surface area contributed by atoms with E-state index in [1.807, 2.05) is 21.1 Å².